The minimum absolute atomic E-state index is 0.0592. The molecule has 11 heteroatoms. The zero-order valence-electron chi connectivity index (χ0n) is 20.1. The van der Waals surface area contributed by atoms with Crippen LogP contribution in [0.3, 0.4) is 0 Å². The van der Waals surface area contributed by atoms with Crippen LogP contribution >= 0.6 is 11.3 Å². The number of nitrogens with one attached hydrogen (secondary N) is 2. The molecule has 2 amide bonds. The highest BCUT2D eigenvalue weighted by Crippen LogP contribution is 2.33. The molecule has 4 N–H and O–H groups in total. The number of aromatic nitrogens is 2. The molecule has 0 bridgehead atoms. The van der Waals surface area contributed by atoms with E-state index in [2.05, 4.69) is 15.6 Å². The van der Waals surface area contributed by atoms with Gasteiger partial charge in [-0.2, -0.15) is 0 Å². The summed E-state index contributed by atoms with van der Waals surface area (Å²) in [4.78, 5) is 36.7. The Morgan fingerprint density at radius 2 is 1.97 bits per heavy atom. The molecule has 1 aliphatic carbocycles. The van der Waals surface area contributed by atoms with Crippen LogP contribution < -0.4 is 21.3 Å². The molecule has 0 saturated carbocycles. The highest BCUT2D eigenvalue weighted by atomic mass is 32.1. The van der Waals surface area contributed by atoms with Crippen molar-refractivity contribution in [3.8, 4) is 0 Å². The number of carbonyl (C=O) groups excluding carboxylic acids is 2. The number of fused-ring (bicyclic) bond motifs is 2. The summed E-state index contributed by atoms with van der Waals surface area (Å²) in [6, 6.07) is 6.89. The molecule has 0 radical (unpaired) electrons. The molecule has 36 heavy (non-hydrogen) atoms. The van der Waals surface area contributed by atoms with Crippen molar-refractivity contribution in [3.05, 3.63) is 46.1 Å². The molecule has 4 heterocycles. The summed E-state index contributed by atoms with van der Waals surface area (Å²) in [5.74, 6) is -0.824. The molecule has 0 aromatic carbocycles. The van der Waals surface area contributed by atoms with E-state index in [9.17, 15) is 18.4 Å². The number of nitrogens with zero attached hydrogens (tertiary/aromatic N) is 3. The number of hydrogen-bond donors (Lipinski definition) is 3. The monoisotopic (exact) mass is 514 g/mol. The second kappa shape index (κ2) is 9.61. The fraction of sp³-hybridized carbons (Fsp3) is 0.440. The smallest absolute Gasteiger partial charge is 0.263 e. The molecule has 5 rings (SSSR count). The lowest BCUT2D eigenvalue weighted by atomic mass is 9.91. The van der Waals surface area contributed by atoms with Crippen LogP contribution in [0.2, 0.25) is 0 Å². The molecule has 8 nitrogen and oxygen atoms in total. The van der Waals surface area contributed by atoms with Gasteiger partial charge in [-0.1, -0.05) is 6.07 Å². The van der Waals surface area contributed by atoms with Gasteiger partial charge in [0.15, 0.2) is 0 Å². The molecule has 1 saturated heterocycles. The van der Waals surface area contributed by atoms with Crippen LogP contribution in [0.5, 0.6) is 0 Å². The fourth-order valence-corrected chi connectivity index (χ4v) is 6.14. The zero-order chi connectivity index (χ0) is 25.6. The van der Waals surface area contributed by atoms with Gasteiger partial charge in [0.25, 0.3) is 5.91 Å². The molecule has 1 fully saturated rings. The summed E-state index contributed by atoms with van der Waals surface area (Å²) in [5, 5.41) is 6.54. The zero-order valence-corrected chi connectivity index (χ0v) is 20.9. The SMILES string of the molecule is CC(=O)N[C@@H]1CN(c2ccc3c(n2)CC[C@H](NC(=O)c2sc4nc(C)ccc4c2N)C3)C[C@H]1C(F)F. The van der Waals surface area contributed by atoms with Crippen molar-refractivity contribution in [2.45, 2.75) is 51.6 Å². The van der Waals surface area contributed by atoms with E-state index in [4.69, 9.17) is 10.7 Å². The van der Waals surface area contributed by atoms with Gasteiger partial charge < -0.3 is 21.3 Å². The van der Waals surface area contributed by atoms with E-state index in [-0.39, 0.29) is 24.4 Å². The number of halogens is 2. The molecular weight excluding hydrogens is 486 g/mol. The molecule has 3 aromatic rings. The van der Waals surface area contributed by atoms with E-state index in [0.29, 0.717) is 42.2 Å². The number of rotatable bonds is 5. The minimum atomic E-state index is -2.52. The predicted molar refractivity (Wildman–Crippen MR) is 136 cm³/mol. The number of nitrogens with two attached hydrogens (primary N) is 1. The van der Waals surface area contributed by atoms with Crippen LogP contribution in [0.25, 0.3) is 10.2 Å². The largest absolute Gasteiger partial charge is 0.397 e. The highest BCUT2D eigenvalue weighted by Gasteiger charge is 2.40. The van der Waals surface area contributed by atoms with Crippen molar-refractivity contribution < 1.29 is 18.4 Å². The summed E-state index contributed by atoms with van der Waals surface area (Å²) < 4.78 is 27.1. The number of alkyl halides is 2. The Balaban J connectivity index is 1.27. The number of pyridine rings is 2. The van der Waals surface area contributed by atoms with E-state index < -0.39 is 18.4 Å². The van der Waals surface area contributed by atoms with Gasteiger partial charge in [-0.15, -0.1) is 11.3 Å². The standard InChI is InChI=1S/C25H28F2N6O2S/c1-12-3-6-16-21(28)22(36-25(16)29-12)24(35)31-15-5-7-18-14(9-15)4-8-20(32-18)33-10-17(23(26)27)19(11-33)30-13(2)34/h3-4,6,8,15,17,19,23H,5,7,9-11,28H2,1-2H3,(H,30,34)(H,31,35)/t15-,17+,19+/m0/s1. The summed E-state index contributed by atoms with van der Waals surface area (Å²) in [7, 11) is 0. The van der Waals surface area contributed by atoms with Crippen LogP contribution in [0, 0.1) is 12.8 Å². The van der Waals surface area contributed by atoms with Gasteiger partial charge in [0.2, 0.25) is 12.3 Å². The van der Waals surface area contributed by atoms with Crippen molar-refractivity contribution in [3.63, 3.8) is 0 Å². The molecule has 0 spiro atoms. The summed E-state index contributed by atoms with van der Waals surface area (Å²) in [6.45, 7) is 3.67. The van der Waals surface area contributed by atoms with Crippen LogP contribution in [0.15, 0.2) is 24.3 Å². The Morgan fingerprint density at radius 3 is 2.72 bits per heavy atom. The van der Waals surface area contributed by atoms with Crippen molar-refractivity contribution in [1.29, 1.82) is 0 Å². The lowest BCUT2D eigenvalue weighted by Crippen LogP contribution is -2.41. The first-order chi connectivity index (χ1) is 17.2. The molecule has 0 unspecified atom stereocenters. The lowest BCUT2D eigenvalue weighted by Gasteiger charge is -2.26. The van der Waals surface area contributed by atoms with Crippen molar-refractivity contribution in [1.82, 2.24) is 20.6 Å². The number of anilines is 2. The molecule has 3 atom stereocenters. The van der Waals surface area contributed by atoms with Gasteiger partial charge in [0.1, 0.15) is 15.5 Å². The lowest BCUT2D eigenvalue weighted by molar-refractivity contribution is -0.120. The summed E-state index contributed by atoms with van der Waals surface area (Å²) in [5.41, 5.74) is 9.50. The van der Waals surface area contributed by atoms with E-state index in [1.165, 1.54) is 18.3 Å². The second-order valence-electron chi connectivity index (χ2n) is 9.55. The van der Waals surface area contributed by atoms with Gasteiger partial charge in [-0.05, 0) is 49.9 Å². The molecular formula is C25H28F2N6O2S. The van der Waals surface area contributed by atoms with Gasteiger partial charge in [0.05, 0.1) is 17.6 Å². The maximum atomic E-state index is 13.5. The minimum Gasteiger partial charge on any atom is -0.397 e. The average Bonchev–Trinajstić information content (AvgIpc) is 3.39. The number of amides is 2. The van der Waals surface area contributed by atoms with Crippen LogP contribution in [-0.4, -0.2) is 53.4 Å². The van der Waals surface area contributed by atoms with Gasteiger partial charge in [-0.3, -0.25) is 9.59 Å². The van der Waals surface area contributed by atoms with E-state index >= 15 is 0 Å². The first kappa shape index (κ1) is 24.4. The first-order valence-corrected chi connectivity index (χ1v) is 12.8. The fourth-order valence-electron chi connectivity index (χ4n) is 5.09. The van der Waals surface area contributed by atoms with Crippen molar-refractivity contribution in [2.75, 3.05) is 23.7 Å². The van der Waals surface area contributed by atoms with E-state index in [1.807, 2.05) is 36.1 Å². The Morgan fingerprint density at radius 1 is 1.17 bits per heavy atom. The number of hydrogen-bond acceptors (Lipinski definition) is 7. The Bertz CT molecular complexity index is 1330. The quantitative estimate of drug-likeness (QED) is 0.482. The van der Waals surface area contributed by atoms with Crippen molar-refractivity contribution >= 4 is 44.9 Å². The topological polar surface area (TPSA) is 113 Å². The highest BCUT2D eigenvalue weighted by molar-refractivity contribution is 7.21. The predicted octanol–water partition coefficient (Wildman–Crippen LogP) is 3.08. The average molecular weight is 515 g/mol. The summed E-state index contributed by atoms with van der Waals surface area (Å²) in [6.07, 6.45) is -0.516. The Kier molecular flexibility index (Phi) is 6.50. The maximum absolute atomic E-state index is 13.5. The van der Waals surface area contributed by atoms with E-state index in [0.717, 1.165) is 27.2 Å². The Hall–Kier alpha value is -3.34. The van der Waals surface area contributed by atoms with Crippen LogP contribution in [-0.2, 0) is 17.6 Å². The van der Waals surface area contributed by atoms with Gasteiger partial charge in [0, 0.05) is 42.8 Å². The van der Waals surface area contributed by atoms with Gasteiger partial charge >= 0.3 is 0 Å². The van der Waals surface area contributed by atoms with Crippen molar-refractivity contribution in [2.24, 2.45) is 5.92 Å². The van der Waals surface area contributed by atoms with Gasteiger partial charge in [-0.25, -0.2) is 18.7 Å². The van der Waals surface area contributed by atoms with E-state index in [1.54, 1.807) is 0 Å². The third-order valence-corrected chi connectivity index (χ3v) is 8.04. The molecule has 190 valence electrons. The van der Waals surface area contributed by atoms with Crippen LogP contribution in [0.4, 0.5) is 20.3 Å². The number of nitrogen functional groups attached to an aromatic ring is 1. The molecule has 1 aliphatic heterocycles. The second-order valence-corrected chi connectivity index (χ2v) is 10.5. The number of aryl methyl sites for hydroxylation is 2. The maximum Gasteiger partial charge on any atom is 0.263 e. The molecule has 3 aromatic heterocycles. The normalized spacial score (nSPS) is 21.6. The van der Waals surface area contributed by atoms with Crippen LogP contribution in [0.1, 0.15) is 40.0 Å². The third-order valence-electron chi connectivity index (χ3n) is 6.93. The third kappa shape index (κ3) is 4.71. The number of thiophene rings is 1. The first-order valence-electron chi connectivity index (χ1n) is 11.9. The molecule has 2 aliphatic rings. The summed E-state index contributed by atoms with van der Waals surface area (Å²) >= 11 is 1.30. The number of carbonyl (C=O) groups is 2. The Labute approximate surface area is 211 Å².